The van der Waals surface area contributed by atoms with Crippen LogP contribution in [-0.4, -0.2) is 50.3 Å². The summed E-state index contributed by atoms with van der Waals surface area (Å²) < 4.78 is 12.4. The Morgan fingerprint density at radius 1 is 1.00 bits per heavy atom. The van der Waals surface area contributed by atoms with Gasteiger partial charge < -0.3 is 19.3 Å². The largest absolute Gasteiger partial charge is 0.488 e. The van der Waals surface area contributed by atoms with Gasteiger partial charge in [-0.3, -0.25) is 4.79 Å². The monoisotopic (exact) mass is 415 g/mol. The van der Waals surface area contributed by atoms with Gasteiger partial charge in [0.1, 0.15) is 32.0 Å². The zero-order valence-corrected chi connectivity index (χ0v) is 17.8. The fourth-order valence-corrected chi connectivity index (χ4v) is 4.34. The third kappa shape index (κ3) is 4.20. The summed E-state index contributed by atoms with van der Waals surface area (Å²) in [6.07, 6.45) is 1.95. The number of carbonyl (C=O) groups is 1. The fraction of sp³-hybridized carbons (Fsp3) is 0.269. The van der Waals surface area contributed by atoms with Crippen LogP contribution in [0.1, 0.15) is 11.1 Å². The molecule has 1 amide bonds. The van der Waals surface area contributed by atoms with Gasteiger partial charge in [-0.1, -0.05) is 42.5 Å². The summed E-state index contributed by atoms with van der Waals surface area (Å²) in [4.78, 5) is 12.9. The summed E-state index contributed by atoms with van der Waals surface area (Å²) in [5, 5.41) is 5.24. The van der Waals surface area contributed by atoms with Crippen molar-refractivity contribution in [2.45, 2.75) is 6.54 Å². The van der Waals surface area contributed by atoms with E-state index < -0.39 is 0 Å². The molecule has 2 aliphatic heterocycles. The van der Waals surface area contributed by atoms with E-state index in [2.05, 4.69) is 36.6 Å². The minimum atomic E-state index is -0.126. The Morgan fingerprint density at radius 3 is 2.58 bits per heavy atom. The lowest BCUT2D eigenvalue weighted by Gasteiger charge is -2.37. The van der Waals surface area contributed by atoms with Crippen molar-refractivity contribution < 1.29 is 18.8 Å². The molecule has 158 valence electrons. The average Bonchev–Trinajstić information content (AvgIpc) is 2.80. The molecule has 0 bridgehead atoms. The minimum absolute atomic E-state index is 0.126. The standard InChI is InChI=1S/C26H26N2O3/c1-28(12-14-30-15-13-28)17-19-6-9-22(10-7-19)27-26(29)21-16-24-23-5-3-2-4-20(23)8-11-25(24)31-18-21/h2-11,16H,12-15,17-18H2,1H3/p+1. The molecule has 1 N–H and O–H groups in total. The van der Waals surface area contributed by atoms with E-state index in [1.165, 1.54) is 5.56 Å². The number of nitrogens with one attached hydrogen (secondary N) is 1. The minimum Gasteiger partial charge on any atom is -0.488 e. The molecule has 2 aliphatic rings. The van der Waals surface area contributed by atoms with E-state index in [-0.39, 0.29) is 12.5 Å². The van der Waals surface area contributed by atoms with E-state index in [1.807, 2.05) is 42.5 Å². The van der Waals surface area contributed by atoms with Crippen LogP contribution >= 0.6 is 0 Å². The maximum absolute atomic E-state index is 12.9. The van der Waals surface area contributed by atoms with E-state index in [9.17, 15) is 4.79 Å². The Balaban J connectivity index is 1.30. The number of rotatable bonds is 4. The lowest BCUT2D eigenvalue weighted by molar-refractivity contribution is -0.929. The number of anilines is 1. The van der Waals surface area contributed by atoms with Crippen LogP contribution in [0.3, 0.4) is 0 Å². The van der Waals surface area contributed by atoms with Crippen molar-refractivity contribution in [3.63, 3.8) is 0 Å². The summed E-state index contributed by atoms with van der Waals surface area (Å²) in [6, 6.07) is 20.3. The predicted octanol–water partition coefficient (Wildman–Crippen LogP) is 4.23. The van der Waals surface area contributed by atoms with Crippen LogP contribution in [0.5, 0.6) is 5.75 Å². The van der Waals surface area contributed by atoms with Gasteiger partial charge in [0.25, 0.3) is 5.91 Å². The van der Waals surface area contributed by atoms with E-state index >= 15 is 0 Å². The van der Waals surface area contributed by atoms with Crippen LogP contribution in [0.2, 0.25) is 0 Å². The summed E-state index contributed by atoms with van der Waals surface area (Å²) >= 11 is 0. The molecule has 0 spiro atoms. The van der Waals surface area contributed by atoms with Gasteiger partial charge in [0.05, 0.1) is 25.8 Å². The van der Waals surface area contributed by atoms with Crippen molar-refractivity contribution in [2.24, 2.45) is 0 Å². The zero-order chi connectivity index (χ0) is 21.3. The molecule has 0 aromatic heterocycles. The number of hydrogen-bond donors (Lipinski definition) is 1. The van der Waals surface area contributed by atoms with Crippen LogP contribution < -0.4 is 10.1 Å². The van der Waals surface area contributed by atoms with Gasteiger partial charge in [-0.2, -0.15) is 0 Å². The number of quaternary nitrogens is 1. The van der Waals surface area contributed by atoms with Crippen LogP contribution in [0.4, 0.5) is 5.69 Å². The first-order valence-corrected chi connectivity index (χ1v) is 10.8. The van der Waals surface area contributed by atoms with Gasteiger partial charge in [-0.25, -0.2) is 0 Å². The molecule has 2 heterocycles. The summed E-state index contributed by atoms with van der Waals surface area (Å²) in [6.45, 7) is 4.94. The van der Waals surface area contributed by atoms with Gasteiger partial charge in [0, 0.05) is 16.8 Å². The molecule has 31 heavy (non-hydrogen) atoms. The van der Waals surface area contributed by atoms with Gasteiger partial charge in [-0.05, 0) is 35.0 Å². The van der Waals surface area contributed by atoms with Crippen molar-refractivity contribution in [3.8, 4) is 5.75 Å². The molecule has 0 radical (unpaired) electrons. The van der Waals surface area contributed by atoms with Crippen LogP contribution in [0, 0.1) is 0 Å². The molecule has 5 nitrogen and oxygen atoms in total. The van der Waals surface area contributed by atoms with Gasteiger partial charge >= 0.3 is 0 Å². The molecule has 0 atom stereocenters. The summed E-state index contributed by atoms with van der Waals surface area (Å²) in [5.41, 5.74) is 3.65. The molecule has 5 rings (SSSR count). The SMILES string of the molecule is C[N+]1(Cc2ccc(NC(=O)C3=Cc4c(ccc5ccccc45)OC3)cc2)CCOCC1. The maximum Gasteiger partial charge on any atom is 0.255 e. The van der Waals surface area contributed by atoms with Crippen molar-refractivity contribution in [3.05, 3.63) is 77.4 Å². The number of amides is 1. The first-order chi connectivity index (χ1) is 15.1. The van der Waals surface area contributed by atoms with Crippen molar-refractivity contribution in [1.82, 2.24) is 0 Å². The van der Waals surface area contributed by atoms with Gasteiger partial charge in [-0.15, -0.1) is 0 Å². The Labute approximate surface area is 182 Å². The number of carbonyl (C=O) groups excluding carboxylic acids is 1. The van der Waals surface area contributed by atoms with Crippen LogP contribution in [0.15, 0.2) is 66.2 Å². The normalized spacial score (nSPS) is 17.4. The van der Waals surface area contributed by atoms with E-state index in [1.54, 1.807) is 0 Å². The van der Waals surface area contributed by atoms with Crippen LogP contribution in [-0.2, 0) is 16.1 Å². The number of hydrogen-bond acceptors (Lipinski definition) is 3. The lowest BCUT2D eigenvalue weighted by atomic mass is 9.99. The quantitative estimate of drug-likeness (QED) is 0.649. The first-order valence-electron chi connectivity index (χ1n) is 10.8. The second kappa shape index (κ2) is 8.17. The van der Waals surface area contributed by atoms with Crippen LogP contribution in [0.25, 0.3) is 16.8 Å². The first kappa shape index (κ1) is 19.8. The molecular weight excluding hydrogens is 388 g/mol. The highest BCUT2D eigenvalue weighted by Gasteiger charge is 2.25. The molecular formula is C26H27N2O3+. The Bertz CT molecular complexity index is 1150. The number of nitrogens with zero attached hydrogens (tertiary/aromatic N) is 1. The highest BCUT2D eigenvalue weighted by atomic mass is 16.5. The smallest absolute Gasteiger partial charge is 0.255 e. The lowest BCUT2D eigenvalue weighted by Crippen LogP contribution is -2.51. The van der Waals surface area contributed by atoms with Crippen molar-refractivity contribution >= 4 is 28.4 Å². The molecule has 5 heteroatoms. The fourth-order valence-electron chi connectivity index (χ4n) is 4.34. The molecule has 3 aromatic carbocycles. The number of ether oxygens (including phenoxy) is 2. The van der Waals surface area contributed by atoms with Crippen molar-refractivity contribution in [2.75, 3.05) is 45.3 Å². The molecule has 3 aromatic rings. The Kier molecular flexibility index (Phi) is 5.22. The third-order valence-electron chi connectivity index (χ3n) is 6.25. The molecule has 1 saturated heterocycles. The predicted molar refractivity (Wildman–Crippen MR) is 123 cm³/mol. The Hall–Kier alpha value is -3.15. The topological polar surface area (TPSA) is 47.6 Å². The molecule has 1 fully saturated rings. The highest BCUT2D eigenvalue weighted by molar-refractivity contribution is 6.09. The molecule has 0 aliphatic carbocycles. The number of likely N-dealkylation sites (N-methyl/N-ethyl adjacent to an activating group) is 1. The molecule has 0 saturated carbocycles. The summed E-state index contributed by atoms with van der Waals surface area (Å²) in [7, 11) is 2.27. The number of benzene rings is 3. The molecule has 0 unspecified atom stereocenters. The van der Waals surface area contributed by atoms with E-state index in [4.69, 9.17) is 9.47 Å². The Morgan fingerprint density at radius 2 is 1.77 bits per heavy atom. The second-order valence-electron chi connectivity index (χ2n) is 8.65. The summed E-state index contributed by atoms with van der Waals surface area (Å²) in [5.74, 6) is 0.692. The third-order valence-corrected chi connectivity index (χ3v) is 6.25. The average molecular weight is 416 g/mol. The highest BCUT2D eigenvalue weighted by Crippen LogP contribution is 2.33. The number of morpholine rings is 1. The van der Waals surface area contributed by atoms with E-state index in [0.29, 0.717) is 5.57 Å². The van der Waals surface area contributed by atoms with E-state index in [0.717, 1.165) is 65.1 Å². The maximum atomic E-state index is 12.9. The van der Waals surface area contributed by atoms with Gasteiger partial charge in [0.15, 0.2) is 0 Å². The second-order valence-corrected chi connectivity index (χ2v) is 8.65. The zero-order valence-electron chi connectivity index (χ0n) is 17.8. The van der Waals surface area contributed by atoms with Gasteiger partial charge in [0.2, 0.25) is 0 Å². The van der Waals surface area contributed by atoms with Crippen molar-refractivity contribution in [1.29, 1.82) is 0 Å². The number of fused-ring (bicyclic) bond motifs is 3.